The summed E-state index contributed by atoms with van der Waals surface area (Å²) in [6.07, 6.45) is -38.4. The third-order valence-corrected chi connectivity index (χ3v) is 9.07. The predicted molar refractivity (Wildman–Crippen MR) is 238 cm³/mol. The molecule has 0 amide bonds. The highest BCUT2D eigenvalue weighted by atomic mass is 16.9. The second kappa shape index (κ2) is 52.2. The second-order valence-corrected chi connectivity index (χ2v) is 15.1. The zero-order chi connectivity index (χ0) is 61.9. The van der Waals surface area contributed by atoms with Gasteiger partial charge in [0.05, 0.1) is 79.3 Å². The SMILES string of the molecule is O=[N+]([O-])O.OC[C@@H](O)[C@@H](O)[C@H](O)[C@@H](O)CO.OC[C@@H](O)[C@@H](O)[C@H](O)[C@@H](O)CO.OC[C@@H](O)[C@@H](O)[C@H](O)[C@@H](O)CO.OC[C@@H](O)[C@@H](O)[C@H](O)[C@@H](O)CO.OC[C@@H](O)[C@@H](O)[C@H](O)[C@@H](O)CO.OC[C@@H](O)[C@@H](O)[C@H](O)[C@@H](O)CO. The van der Waals surface area contributed by atoms with Crippen LogP contribution in [-0.4, -0.2) is 420 Å². The fraction of sp³-hybridized carbons (Fsp3) is 1.00. The van der Waals surface area contributed by atoms with Crippen molar-refractivity contribution in [2.24, 2.45) is 0 Å². The van der Waals surface area contributed by atoms with Crippen LogP contribution in [0.25, 0.3) is 0 Å². The van der Waals surface area contributed by atoms with E-state index in [0.29, 0.717) is 0 Å². The molecular formula is C36H85NO39. The van der Waals surface area contributed by atoms with E-state index in [-0.39, 0.29) is 0 Å². The Labute approximate surface area is 430 Å². The molecule has 0 aliphatic heterocycles. The Bertz CT molecular complexity index is 942. The Balaban J connectivity index is -0.000000148. The van der Waals surface area contributed by atoms with Gasteiger partial charge in [-0.15, -0.1) is 10.1 Å². The summed E-state index contributed by atoms with van der Waals surface area (Å²) < 4.78 is 0. The first-order chi connectivity index (χ1) is 35.0. The normalized spacial score (nSPS) is 20.7. The fourth-order valence-electron chi connectivity index (χ4n) is 4.03. The molecule has 0 saturated heterocycles. The summed E-state index contributed by atoms with van der Waals surface area (Å²) in [5, 5.41) is 327. The summed E-state index contributed by atoms with van der Waals surface area (Å²) in [7, 11) is 0. The Hall–Kier alpha value is -2.24. The summed E-state index contributed by atoms with van der Waals surface area (Å²) in [5.41, 5.74) is 0. The van der Waals surface area contributed by atoms with Gasteiger partial charge >= 0.3 is 0 Å². The van der Waals surface area contributed by atoms with Gasteiger partial charge < -0.3 is 189 Å². The van der Waals surface area contributed by atoms with Crippen LogP contribution >= 0.6 is 0 Å². The first-order valence-electron chi connectivity index (χ1n) is 21.5. The highest BCUT2D eigenvalue weighted by molar-refractivity contribution is 4.83. The number of nitrogens with zero attached hydrogens (tertiary/aromatic N) is 1. The van der Waals surface area contributed by atoms with Crippen LogP contribution in [0.2, 0.25) is 0 Å². The van der Waals surface area contributed by atoms with Crippen LogP contribution in [0.15, 0.2) is 0 Å². The molecule has 0 aromatic heterocycles. The minimum absolute atomic E-state index is 0.726. The molecule has 0 bridgehead atoms. The van der Waals surface area contributed by atoms with Crippen molar-refractivity contribution in [2.45, 2.75) is 146 Å². The lowest BCUT2D eigenvalue weighted by Crippen LogP contribution is -2.46. The van der Waals surface area contributed by atoms with Crippen LogP contribution in [0, 0.1) is 10.1 Å². The van der Waals surface area contributed by atoms with Crippen molar-refractivity contribution in [3.63, 3.8) is 0 Å². The molecule has 0 spiro atoms. The van der Waals surface area contributed by atoms with Crippen molar-refractivity contribution in [3.05, 3.63) is 10.1 Å². The Morgan fingerprint density at radius 2 is 0.237 bits per heavy atom. The van der Waals surface area contributed by atoms with E-state index in [2.05, 4.69) is 0 Å². The van der Waals surface area contributed by atoms with E-state index in [1.165, 1.54) is 0 Å². The molecule has 0 rings (SSSR count). The van der Waals surface area contributed by atoms with Gasteiger partial charge in [-0.05, 0) is 0 Å². The van der Waals surface area contributed by atoms with E-state index in [0.717, 1.165) is 0 Å². The summed E-state index contributed by atoms with van der Waals surface area (Å²) >= 11 is 0. The van der Waals surface area contributed by atoms with Crippen LogP contribution in [0.3, 0.4) is 0 Å². The molecule has 0 aromatic carbocycles. The summed E-state index contributed by atoms with van der Waals surface area (Å²) in [6, 6.07) is 0. The van der Waals surface area contributed by atoms with Crippen molar-refractivity contribution in [2.75, 3.05) is 79.3 Å². The standard InChI is InChI=1S/6C6H14O6.HNO3/c6*7-1-3(9)5(11)6(12)4(10)2-8;2-1(3)4/h6*3-12H,1-2H2;(H,2,3,4)/t6*3-,4+,5-,6-;/m111111./s1. The minimum atomic E-state index is -1.67. The van der Waals surface area contributed by atoms with Crippen LogP contribution < -0.4 is 0 Å². The molecular weight excluding hydrogens is 1070 g/mol. The van der Waals surface area contributed by atoms with Crippen molar-refractivity contribution in [3.8, 4) is 0 Å². The van der Waals surface area contributed by atoms with Gasteiger partial charge in [-0.2, -0.15) is 0 Å². The zero-order valence-electron chi connectivity index (χ0n) is 40.2. The van der Waals surface area contributed by atoms with Gasteiger partial charge in [-0.1, -0.05) is 0 Å². The molecule has 24 atom stereocenters. The first kappa shape index (κ1) is 87.6. The number of hydrogen-bond donors (Lipinski definition) is 37. The Morgan fingerprint density at radius 3 is 0.263 bits per heavy atom. The molecule has 40 nitrogen and oxygen atoms in total. The van der Waals surface area contributed by atoms with E-state index in [9.17, 15) is 0 Å². The van der Waals surface area contributed by atoms with E-state index < -0.39 is 231 Å². The maximum atomic E-state index is 8.96. The van der Waals surface area contributed by atoms with Crippen molar-refractivity contribution >= 4 is 0 Å². The molecule has 0 aromatic rings. The largest absolute Gasteiger partial charge is 0.394 e. The molecule has 0 aliphatic carbocycles. The molecule has 0 heterocycles. The lowest BCUT2D eigenvalue weighted by Gasteiger charge is -2.24. The molecule has 0 unspecified atom stereocenters. The van der Waals surface area contributed by atoms with Crippen LogP contribution in [0.1, 0.15) is 0 Å². The quantitative estimate of drug-likeness (QED) is 0.0235. The Morgan fingerprint density at radius 1 is 0.197 bits per heavy atom. The van der Waals surface area contributed by atoms with E-state index in [1.807, 2.05) is 0 Å². The van der Waals surface area contributed by atoms with Crippen LogP contribution in [0.5, 0.6) is 0 Å². The maximum absolute atomic E-state index is 8.96. The number of hydrogen-bond acceptors (Lipinski definition) is 38. The van der Waals surface area contributed by atoms with E-state index in [1.54, 1.807) is 0 Å². The van der Waals surface area contributed by atoms with Crippen LogP contribution in [-0.2, 0) is 0 Å². The third-order valence-electron chi connectivity index (χ3n) is 9.07. The molecule has 37 N–H and O–H groups in total. The van der Waals surface area contributed by atoms with E-state index >= 15 is 0 Å². The predicted octanol–water partition coefficient (Wildman–Crippen LogP) is -21.9. The van der Waals surface area contributed by atoms with Gasteiger partial charge in [-0.3, -0.25) is 0 Å². The summed E-state index contributed by atoms with van der Waals surface area (Å²) in [4.78, 5) is 8.36. The molecule has 0 saturated carbocycles. The lowest BCUT2D eigenvalue weighted by molar-refractivity contribution is -0.742. The van der Waals surface area contributed by atoms with Gasteiger partial charge in [-0.25, -0.2) is 0 Å². The highest BCUT2D eigenvalue weighted by Crippen LogP contribution is 2.08. The topological polar surface area (TPSA) is 792 Å². The smallest absolute Gasteiger partial charge is 0.291 e. The average Bonchev–Trinajstić information content (AvgIpc) is 3.44. The number of rotatable bonds is 30. The van der Waals surface area contributed by atoms with Crippen molar-refractivity contribution in [1.82, 2.24) is 0 Å². The number of aliphatic hydroxyl groups excluding tert-OH is 36. The zero-order valence-corrected chi connectivity index (χ0v) is 40.2. The first-order valence-corrected chi connectivity index (χ1v) is 21.5. The van der Waals surface area contributed by atoms with E-state index in [4.69, 9.17) is 199 Å². The summed E-state index contributed by atoms with van der Waals surface area (Å²) in [5.74, 6) is 0. The number of aliphatic hydroxyl groups is 36. The van der Waals surface area contributed by atoms with Gasteiger partial charge in [0.2, 0.25) is 0 Å². The molecule has 76 heavy (non-hydrogen) atoms. The molecule has 0 radical (unpaired) electrons. The summed E-state index contributed by atoms with van der Waals surface area (Å²) in [6.45, 7) is -8.71. The van der Waals surface area contributed by atoms with Gasteiger partial charge in [0.25, 0.3) is 5.09 Å². The molecule has 0 aliphatic rings. The molecule has 40 heteroatoms. The average molecular weight is 1160 g/mol. The molecule has 468 valence electrons. The van der Waals surface area contributed by atoms with Crippen LogP contribution in [0.4, 0.5) is 0 Å². The van der Waals surface area contributed by atoms with Crippen molar-refractivity contribution in [1.29, 1.82) is 0 Å². The second-order valence-electron chi connectivity index (χ2n) is 15.1. The maximum Gasteiger partial charge on any atom is 0.291 e. The lowest BCUT2D eigenvalue weighted by atomic mass is 10.0. The van der Waals surface area contributed by atoms with Gasteiger partial charge in [0.15, 0.2) is 0 Å². The monoisotopic (exact) mass is 1160 g/mol. The third kappa shape index (κ3) is 40.9. The van der Waals surface area contributed by atoms with Crippen molar-refractivity contribution < 1.29 is 194 Å². The Kier molecular flexibility index (Phi) is 60.1. The van der Waals surface area contributed by atoms with Gasteiger partial charge in [0.1, 0.15) is 146 Å². The minimum Gasteiger partial charge on any atom is -0.394 e. The fourth-order valence-corrected chi connectivity index (χ4v) is 4.03. The highest BCUT2D eigenvalue weighted by Gasteiger charge is 2.33. The van der Waals surface area contributed by atoms with Gasteiger partial charge in [0, 0.05) is 0 Å². The molecule has 0 fully saturated rings.